The van der Waals surface area contributed by atoms with Crippen LogP contribution in [0.2, 0.25) is 0 Å². The highest BCUT2D eigenvalue weighted by Gasteiger charge is 2.40. The van der Waals surface area contributed by atoms with Gasteiger partial charge in [-0.3, -0.25) is 14.6 Å². The van der Waals surface area contributed by atoms with Crippen molar-refractivity contribution < 1.29 is 9.59 Å². The summed E-state index contributed by atoms with van der Waals surface area (Å²) in [5.41, 5.74) is 0. The van der Waals surface area contributed by atoms with E-state index in [1.54, 1.807) is 10.0 Å². The third-order valence-electron chi connectivity index (χ3n) is 3.94. The molecule has 2 amide bonds. The Bertz CT molecular complexity index is 327. The molecular formula is C13H22N2O2. The molecule has 2 unspecified atom stereocenters. The predicted octanol–water partition coefficient (Wildman–Crippen LogP) is 1.81. The first-order chi connectivity index (χ1) is 8.02. The summed E-state index contributed by atoms with van der Waals surface area (Å²) in [5, 5.41) is 3.48. The lowest BCUT2D eigenvalue weighted by atomic mass is 9.95. The first kappa shape index (κ1) is 12.4. The van der Waals surface area contributed by atoms with Crippen LogP contribution >= 0.6 is 0 Å². The average molecular weight is 238 g/mol. The van der Waals surface area contributed by atoms with Gasteiger partial charge in [0.25, 0.3) is 0 Å². The molecule has 0 radical (unpaired) electrons. The molecule has 0 aromatic heterocycles. The van der Waals surface area contributed by atoms with Gasteiger partial charge in [-0.05, 0) is 25.2 Å². The van der Waals surface area contributed by atoms with Crippen molar-refractivity contribution in [2.24, 2.45) is 11.8 Å². The Labute approximate surface area is 103 Å². The van der Waals surface area contributed by atoms with E-state index in [-0.39, 0.29) is 23.8 Å². The Hall–Kier alpha value is -1.06. The van der Waals surface area contributed by atoms with E-state index in [1.807, 2.05) is 6.92 Å². The fraction of sp³-hybridized carbons (Fsp3) is 0.846. The van der Waals surface area contributed by atoms with Crippen molar-refractivity contribution in [2.75, 3.05) is 6.54 Å². The van der Waals surface area contributed by atoms with Crippen LogP contribution in [0.4, 0.5) is 0 Å². The van der Waals surface area contributed by atoms with Crippen molar-refractivity contribution in [2.45, 2.75) is 52.5 Å². The molecule has 0 bridgehead atoms. The summed E-state index contributed by atoms with van der Waals surface area (Å²) in [4.78, 5) is 24.4. The van der Waals surface area contributed by atoms with Gasteiger partial charge >= 0.3 is 0 Å². The first-order valence-corrected chi connectivity index (χ1v) is 6.65. The molecule has 96 valence electrons. The molecule has 4 heteroatoms. The third kappa shape index (κ3) is 2.17. The second-order valence-electron chi connectivity index (χ2n) is 5.59. The summed E-state index contributed by atoms with van der Waals surface area (Å²) < 4.78 is 0. The molecule has 0 spiro atoms. The van der Waals surface area contributed by atoms with E-state index in [0.29, 0.717) is 25.3 Å². The van der Waals surface area contributed by atoms with Gasteiger partial charge in [-0.15, -0.1) is 0 Å². The van der Waals surface area contributed by atoms with E-state index >= 15 is 0 Å². The van der Waals surface area contributed by atoms with E-state index in [1.165, 1.54) is 0 Å². The number of amides is 2. The number of hydrogen-bond acceptors (Lipinski definition) is 2. The van der Waals surface area contributed by atoms with Crippen molar-refractivity contribution in [1.29, 1.82) is 0 Å². The number of rotatable bonds is 1. The fourth-order valence-electron chi connectivity index (χ4n) is 2.82. The van der Waals surface area contributed by atoms with Gasteiger partial charge in [-0.25, -0.2) is 5.01 Å². The van der Waals surface area contributed by atoms with Crippen LogP contribution in [0.5, 0.6) is 0 Å². The lowest BCUT2D eigenvalue weighted by Gasteiger charge is -2.45. The molecule has 0 aliphatic carbocycles. The SMILES string of the molecule is CC1CCC(=O)N2CCCC(C(C)C)N2C1=O. The number of hydrogen-bond donors (Lipinski definition) is 0. The van der Waals surface area contributed by atoms with Crippen LogP contribution in [-0.2, 0) is 9.59 Å². The average Bonchev–Trinajstić information content (AvgIpc) is 2.42. The zero-order chi connectivity index (χ0) is 12.6. The number of nitrogens with zero attached hydrogens (tertiary/aromatic N) is 2. The van der Waals surface area contributed by atoms with E-state index in [2.05, 4.69) is 13.8 Å². The molecule has 0 aromatic carbocycles. The predicted molar refractivity (Wildman–Crippen MR) is 64.8 cm³/mol. The summed E-state index contributed by atoms with van der Waals surface area (Å²) in [5.74, 6) is 0.630. The summed E-state index contributed by atoms with van der Waals surface area (Å²) in [6.45, 7) is 6.90. The van der Waals surface area contributed by atoms with E-state index < -0.39 is 0 Å². The maximum absolute atomic E-state index is 12.4. The second kappa shape index (κ2) is 4.67. The van der Waals surface area contributed by atoms with Gasteiger partial charge in [-0.1, -0.05) is 20.8 Å². The highest BCUT2D eigenvalue weighted by Crippen LogP contribution is 2.29. The van der Waals surface area contributed by atoms with Gasteiger partial charge in [0.1, 0.15) is 0 Å². The van der Waals surface area contributed by atoms with Gasteiger partial charge < -0.3 is 0 Å². The molecule has 0 N–H and O–H groups in total. The summed E-state index contributed by atoms with van der Waals surface area (Å²) >= 11 is 0. The monoisotopic (exact) mass is 238 g/mol. The smallest absolute Gasteiger partial charge is 0.244 e. The highest BCUT2D eigenvalue weighted by molar-refractivity contribution is 5.86. The third-order valence-corrected chi connectivity index (χ3v) is 3.94. The summed E-state index contributed by atoms with van der Waals surface area (Å²) in [6.07, 6.45) is 3.22. The number of fused-ring (bicyclic) bond motifs is 1. The van der Waals surface area contributed by atoms with E-state index in [0.717, 1.165) is 12.8 Å². The fourth-order valence-corrected chi connectivity index (χ4v) is 2.82. The van der Waals surface area contributed by atoms with Gasteiger partial charge in [0.05, 0.1) is 6.04 Å². The normalized spacial score (nSPS) is 30.6. The van der Waals surface area contributed by atoms with Gasteiger partial charge in [0.2, 0.25) is 11.8 Å². The molecule has 2 aliphatic rings. The van der Waals surface area contributed by atoms with Crippen molar-refractivity contribution in [3.05, 3.63) is 0 Å². The summed E-state index contributed by atoms with van der Waals surface area (Å²) in [7, 11) is 0. The van der Waals surface area contributed by atoms with Crippen LogP contribution < -0.4 is 0 Å². The minimum absolute atomic E-state index is 0.0247. The molecule has 2 saturated heterocycles. The first-order valence-electron chi connectivity index (χ1n) is 6.65. The van der Waals surface area contributed by atoms with Gasteiger partial charge in [-0.2, -0.15) is 0 Å². The molecule has 17 heavy (non-hydrogen) atoms. The summed E-state index contributed by atoms with van der Waals surface area (Å²) in [6, 6.07) is 0.195. The topological polar surface area (TPSA) is 40.6 Å². The molecule has 4 nitrogen and oxygen atoms in total. The minimum Gasteiger partial charge on any atom is -0.273 e. The number of carbonyl (C=O) groups excluding carboxylic acids is 2. The molecule has 2 fully saturated rings. The van der Waals surface area contributed by atoms with Crippen molar-refractivity contribution in [3.8, 4) is 0 Å². The van der Waals surface area contributed by atoms with Crippen LogP contribution in [0.15, 0.2) is 0 Å². The number of carbonyl (C=O) groups is 2. The maximum Gasteiger partial charge on any atom is 0.244 e. The van der Waals surface area contributed by atoms with E-state index in [4.69, 9.17) is 0 Å². The standard InChI is InChI=1S/C13H22N2O2/c1-9(2)11-5-4-8-14-12(16)7-6-10(3)13(17)15(11)14/h9-11H,4-8H2,1-3H3. The van der Waals surface area contributed by atoms with Crippen molar-refractivity contribution in [1.82, 2.24) is 10.0 Å². The van der Waals surface area contributed by atoms with Crippen LogP contribution in [0.1, 0.15) is 46.5 Å². The molecule has 2 atom stereocenters. The van der Waals surface area contributed by atoms with E-state index in [9.17, 15) is 9.59 Å². The Morgan fingerprint density at radius 2 is 1.94 bits per heavy atom. The zero-order valence-corrected chi connectivity index (χ0v) is 11.0. The molecular weight excluding hydrogens is 216 g/mol. The molecule has 2 rings (SSSR count). The van der Waals surface area contributed by atoms with Gasteiger partial charge in [0.15, 0.2) is 0 Å². The highest BCUT2D eigenvalue weighted by atomic mass is 16.2. The zero-order valence-electron chi connectivity index (χ0n) is 11.0. The van der Waals surface area contributed by atoms with Crippen molar-refractivity contribution in [3.63, 3.8) is 0 Å². The minimum atomic E-state index is -0.0247. The number of hydrazine groups is 1. The Morgan fingerprint density at radius 1 is 1.24 bits per heavy atom. The molecule has 2 heterocycles. The Kier molecular flexibility index (Phi) is 3.40. The van der Waals surface area contributed by atoms with Crippen LogP contribution in [0, 0.1) is 11.8 Å². The maximum atomic E-state index is 12.4. The lowest BCUT2D eigenvalue weighted by molar-refractivity contribution is -0.176. The lowest BCUT2D eigenvalue weighted by Crippen LogP contribution is -2.59. The van der Waals surface area contributed by atoms with Gasteiger partial charge in [0, 0.05) is 18.9 Å². The molecule has 2 aliphatic heterocycles. The largest absolute Gasteiger partial charge is 0.273 e. The Morgan fingerprint density at radius 3 is 2.59 bits per heavy atom. The van der Waals surface area contributed by atoms with Crippen LogP contribution in [-0.4, -0.2) is 34.4 Å². The molecule has 0 aromatic rings. The molecule has 0 saturated carbocycles. The second-order valence-corrected chi connectivity index (χ2v) is 5.59. The van der Waals surface area contributed by atoms with Crippen LogP contribution in [0.25, 0.3) is 0 Å². The Balaban J connectivity index is 2.31. The van der Waals surface area contributed by atoms with Crippen LogP contribution in [0.3, 0.4) is 0 Å². The quantitative estimate of drug-likeness (QED) is 0.699. The van der Waals surface area contributed by atoms with Crippen molar-refractivity contribution >= 4 is 11.8 Å².